The van der Waals surface area contributed by atoms with Crippen LogP contribution < -0.4 is 4.90 Å². The van der Waals surface area contributed by atoms with Crippen LogP contribution in [0.1, 0.15) is 54.3 Å². The number of allylic oxidation sites excluding steroid dienone is 8. The lowest BCUT2D eigenvalue weighted by Crippen LogP contribution is -2.30. The van der Waals surface area contributed by atoms with Crippen LogP contribution in [0.25, 0.3) is 67.2 Å². The molecule has 3 unspecified atom stereocenters. The van der Waals surface area contributed by atoms with Crippen LogP contribution in [0.4, 0.5) is 20.2 Å². The van der Waals surface area contributed by atoms with Crippen LogP contribution in [0, 0.1) is 18.7 Å². The topological polar surface area (TPSA) is 13.1 Å². The largest absolute Gasteiger partial charge is 0.334 e. The standard InChI is InChI=1S/C65H53F2N3/c1-43(2)18-37-62-45(4)58-42-56(36-39-64(58)69(62)53-13-6-5-7-14-53)68(55-34-30-52(67)31-35-55)54-32-25-48(26-33-54)47-21-19-46(20-22-47)40-59(49-23-28-51(66)29-24-49)50-27-38-65-60(41-50)57-15-9-11-17-63(57)70(65)61-16-10-8-12-44(61)3/h5-34,36-42,44,55,61H,1,35H2,2-4H3/b37-18-,59-40-. The first-order valence-electron chi connectivity index (χ1n) is 24.1. The van der Waals surface area contributed by atoms with Crippen LogP contribution in [0.5, 0.6) is 0 Å². The maximum atomic E-state index is 14.4. The minimum Gasteiger partial charge on any atom is -0.334 e. The fourth-order valence-electron chi connectivity index (χ4n) is 10.4. The molecule has 5 heteroatoms. The highest BCUT2D eigenvalue weighted by Crippen LogP contribution is 2.41. The number of para-hydroxylation sites is 2. The SMILES string of the molecule is C=C(C)/C=C\c1c(C)c2cc(N(c3ccc(-c4ccc(/C=C(/c5ccc(F)cc5)c5ccc6c(c5)c5ccccc5n6C5C=CC=CC5C)cc4)cc3)C3C=CC(F)=CC3)ccc2n1-c1ccccc1. The van der Waals surface area contributed by atoms with Crippen LogP contribution in [0.2, 0.25) is 0 Å². The van der Waals surface area contributed by atoms with E-state index in [4.69, 9.17) is 0 Å². The summed E-state index contributed by atoms with van der Waals surface area (Å²) in [6.45, 7) is 10.6. The Morgan fingerprint density at radius 2 is 1.33 bits per heavy atom. The van der Waals surface area contributed by atoms with Gasteiger partial charge < -0.3 is 14.0 Å². The lowest BCUT2D eigenvalue weighted by molar-refractivity contribution is 0.510. The van der Waals surface area contributed by atoms with Crippen molar-refractivity contribution in [3.8, 4) is 16.8 Å². The molecule has 342 valence electrons. The first kappa shape index (κ1) is 44.2. The van der Waals surface area contributed by atoms with Crippen molar-refractivity contribution >= 4 is 61.8 Å². The Bertz CT molecular complexity index is 3630. The second kappa shape index (κ2) is 18.7. The highest BCUT2D eigenvalue weighted by molar-refractivity contribution is 6.10. The molecule has 3 atom stereocenters. The van der Waals surface area contributed by atoms with Crippen molar-refractivity contribution < 1.29 is 8.78 Å². The van der Waals surface area contributed by atoms with Gasteiger partial charge in [0, 0.05) is 49.9 Å². The van der Waals surface area contributed by atoms with Crippen molar-refractivity contribution in [2.24, 2.45) is 5.92 Å². The van der Waals surface area contributed by atoms with Gasteiger partial charge in [-0.05, 0) is 162 Å². The summed E-state index contributed by atoms with van der Waals surface area (Å²) in [6.07, 6.45) is 21.0. The normalized spacial score (nSPS) is 17.0. The highest BCUT2D eigenvalue weighted by Gasteiger charge is 2.24. The van der Waals surface area contributed by atoms with E-state index in [1.54, 1.807) is 12.2 Å². The number of benzene rings is 7. The summed E-state index contributed by atoms with van der Waals surface area (Å²) in [4.78, 5) is 2.32. The molecule has 3 nitrogen and oxygen atoms in total. The van der Waals surface area contributed by atoms with Crippen LogP contribution in [-0.4, -0.2) is 15.2 Å². The van der Waals surface area contributed by atoms with Crippen molar-refractivity contribution in [2.75, 3.05) is 4.90 Å². The van der Waals surface area contributed by atoms with Gasteiger partial charge in [-0.25, -0.2) is 8.78 Å². The minimum atomic E-state index is -0.263. The number of nitrogens with zero attached hydrogens (tertiary/aromatic N) is 3. The van der Waals surface area contributed by atoms with Crippen molar-refractivity contribution in [2.45, 2.75) is 39.3 Å². The molecule has 7 aromatic carbocycles. The van der Waals surface area contributed by atoms with Gasteiger partial charge in [-0.2, -0.15) is 0 Å². The van der Waals surface area contributed by atoms with E-state index in [0.29, 0.717) is 12.3 Å². The average Bonchev–Trinajstić information content (AvgIpc) is 3.87. The first-order chi connectivity index (χ1) is 34.2. The van der Waals surface area contributed by atoms with Crippen LogP contribution in [0.15, 0.2) is 230 Å². The van der Waals surface area contributed by atoms with Gasteiger partial charge in [0.1, 0.15) is 11.6 Å². The van der Waals surface area contributed by atoms with Crippen molar-refractivity contribution in [1.82, 2.24) is 9.13 Å². The number of aryl methyl sites for hydroxylation is 1. The molecule has 0 bridgehead atoms. The van der Waals surface area contributed by atoms with E-state index in [1.165, 1.54) is 39.5 Å². The fraction of sp³-hybridized carbons (Fsp3) is 0.108. The number of halogens is 2. The number of hydrogen-bond acceptors (Lipinski definition) is 1. The Morgan fingerprint density at radius 3 is 2.06 bits per heavy atom. The molecule has 0 saturated carbocycles. The Labute approximate surface area is 409 Å². The van der Waals surface area contributed by atoms with E-state index in [1.807, 2.05) is 31.2 Å². The van der Waals surface area contributed by atoms with Gasteiger partial charge in [-0.1, -0.05) is 147 Å². The summed E-state index contributed by atoms with van der Waals surface area (Å²) < 4.78 is 33.6. The van der Waals surface area contributed by atoms with E-state index in [2.05, 4.69) is 210 Å². The van der Waals surface area contributed by atoms with Gasteiger partial charge in [-0.3, -0.25) is 0 Å². The maximum absolute atomic E-state index is 14.4. The first-order valence-corrected chi connectivity index (χ1v) is 24.1. The van der Waals surface area contributed by atoms with Gasteiger partial charge in [0.05, 0.1) is 17.6 Å². The summed E-state index contributed by atoms with van der Waals surface area (Å²) in [5.41, 5.74) is 16.1. The molecule has 0 spiro atoms. The van der Waals surface area contributed by atoms with Crippen LogP contribution >= 0.6 is 0 Å². The summed E-state index contributed by atoms with van der Waals surface area (Å²) in [5, 5.41) is 3.55. The zero-order chi connectivity index (χ0) is 47.9. The molecule has 0 amide bonds. The molecule has 0 saturated heterocycles. The predicted octanol–water partition coefficient (Wildman–Crippen LogP) is 17.7. The minimum absolute atomic E-state index is 0.0852. The molecule has 70 heavy (non-hydrogen) atoms. The zero-order valence-electron chi connectivity index (χ0n) is 39.6. The molecule has 0 aliphatic heterocycles. The lowest BCUT2D eigenvalue weighted by Gasteiger charge is -2.33. The van der Waals surface area contributed by atoms with E-state index < -0.39 is 0 Å². The number of rotatable bonds is 11. The van der Waals surface area contributed by atoms with Crippen molar-refractivity contribution in [3.63, 3.8) is 0 Å². The zero-order valence-corrected chi connectivity index (χ0v) is 39.6. The fourth-order valence-corrected chi connectivity index (χ4v) is 10.4. The van der Waals surface area contributed by atoms with Crippen molar-refractivity contribution in [3.05, 3.63) is 264 Å². The molecule has 2 aliphatic rings. The average molecular weight is 914 g/mol. The van der Waals surface area contributed by atoms with Gasteiger partial charge in [0.15, 0.2) is 0 Å². The Kier molecular flexibility index (Phi) is 11.8. The molecule has 0 N–H and O–H groups in total. The lowest BCUT2D eigenvalue weighted by atomic mass is 9.93. The molecular weight excluding hydrogens is 861 g/mol. The number of aromatic nitrogens is 2. The summed E-state index contributed by atoms with van der Waals surface area (Å²) in [7, 11) is 0. The quantitative estimate of drug-likeness (QED) is 0.0931. The molecule has 2 aliphatic carbocycles. The van der Waals surface area contributed by atoms with Gasteiger partial charge in [0.25, 0.3) is 0 Å². The predicted molar refractivity (Wildman–Crippen MR) is 292 cm³/mol. The molecular formula is C65H53F2N3. The third-order valence-electron chi connectivity index (χ3n) is 14.0. The second-order valence-corrected chi connectivity index (χ2v) is 18.7. The summed E-state index contributed by atoms with van der Waals surface area (Å²) >= 11 is 0. The smallest absolute Gasteiger partial charge is 0.123 e. The van der Waals surface area contributed by atoms with Gasteiger partial charge in [0.2, 0.25) is 0 Å². The number of anilines is 2. The molecule has 0 fully saturated rings. The third-order valence-corrected chi connectivity index (χ3v) is 14.0. The Hall–Kier alpha value is -8.28. The molecule has 2 aromatic heterocycles. The number of fused-ring (bicyclic) bond motifs is 4. The molecule has 11 rings (SSSR count). The van der Waals surface area contributed by atoms with Gasteiger partial charge in [-0.15, -0.1) is 0 Å². The van der Waals surface area contributed by atoms with Crippen LogP contribution in [-0.2, 0) is 0 Å². The van der Waals surface area contributed by atoms with Crippen molar-refractivity contribution in [1.29, 1.82) is 0 Å². The summed E-state index contributed by atoms with van der Waals surface area (Å²) in [5.74, 6) is -0.118. The Morgan fingerprint density at radius 1 is 0.657 bits per heavy atom. The highest BCUT2D eigenvalue weighted by atomic mass is 19.1. The number of hydrogen-bond donors (Lipinski definition) is 0. The van der Waals surface area contributed by atoms with E-state index in [0.717, 1.165) is 72.6 Å². The van der Waals surface area contributed by atoms with E-state index in [9.17, 15) is 8.78 Å². The second-order valence-electron chi connectivity index (χ2n) is 18.7. The molecule has 9 aromatic rings. The molecule has 2 heterocycles. The molecule has 0 radical (unpaired) electrons. The Balaban J connectivity index is 0.934. The van der Waals surface area contributed by atoms with Gasteiger partial charge >= 0.3 is 0 Å². The van der Waals surface area contributed by atoms with Crippen LogP contribution in [0.3, 0.4) is 0 Å². The monoisotopic (exact) mass is 913 g/mol. The van der Waals surface area contributed by atoms with E-state index in [-0.39, 0.29) is 23.7 Å². The third kappa shape index (κ3) is 8.38. The maximum Gasteiger partial charge on any atom is 0.123 e. The van der Waals surface area contributed by atoms with E-state index >= 15 is 0 Å². The summed E-state index contributed by atoms with van der Waals surface area (Å²) in [6, 6.07) is 56.7.